The van der Waals surface area contributed by atoms with Gasteiger partial charge in [0.05, 0.1) is 6.61 Å². The topological polar surface area (TPSA) is 18.5 Å². The van der Waals surface area contributed by atoms with Crippen molar-refractivity contribution in [3.63, 3.8) is 0 Å². The molecular weight excluding hydrogens is 252 g/mol. The monoisotopic (exact) mass is 288 g/mol. The van der Waals surface area contributed by atoms with E-state index in [0.29, 0.717) is 11.8 Å². The van der Waals surface area contributed by atoms with E-state index in [-0.39, 0.29) is 5.41 Å². The van der Waals surface area contributed by atoms with E-state index >= 15 is 0 Å². The molecule has 0 saturated heterocycles. The third-order valence-electron chi connectivity index (χ3n) is 3.75. The second kappa shape index (κ2) is 8.43. The lowest BCUT2D eigenvalue weighted by molar-refractivity contribution is 0.00519. The van der Waals surface area contributed by atoms with Crippen LogP contribution in [0.2, 0.25) is 19.1 Å². The molecule has 0 rings (SSSR count). The predicted octanol–water partition coefficient (Wildman–Crippen LogP) is 4.95. The average molecular weight is 289 g/mol. The molecular formula is C16H36O2Si. The minimum Gasteiger partial charge on any atom is -0.417 e. The lowest BCUT2D eigenvalue weighted by Crippen LogP contribution is -2.40. The Labute approximate surface area is 122 Å². The molecule has 0 heterocycles. The standard InChI is InChI=1S/C16H36O2Si/c1-9-19(7,8)18-13-16(12-17-6,10-14(2)3)11-15(4)5/h14-15H,9-13H2,1-8H3. The quantitative estimate of drug-likeness (QED) is 0.529. The number of hydrogen-bond donors (Lipinski definition) is 0. The van der Waals surface area contributed by atoms with Crippen molar-refractivity contribution in [1.29, 1.82) is 0 Å². The normalized spacial score (nSPS) is 13.6. The van der Waals surface area contributed by atoms with Crippen LogP contribution in [0.4, 0.5) is 0 Å². The van der Waals surface area contributed by atoms with Crippen LogP contribution in [0.5, 0.6) is 0 Å². The highest BCUT2D eigenvalue weighted by molar-refractivity contribution is 6.71. The first-order chi connectivity index (χ1) is 8.66. The zero-order valence-electron chi connectivity index (χ0n) is 14.5. The summed E-state index contributed by atoms with van der Waals surface area (Å²) >= 11 is 0. The molecule has 0 aliphatic carbocycles. The molecule has 0 bridgehead atoms. The second-order valence-corrected chi connectivity index (χ2v) is 12.0. The van der Waals surface area contributed by atoms with E-state index < -0.39 is 8.32 Å². The average Bonchev–Trinajstić information content (AvgIpc) is 2.25. The van der Waals surface area contributed by atoms with Gasteiger partial charge in [-0.05, 0) is 43.8 Å². The van der Waals surface area contributed by atoms with Gasteiger partial charge in [-0.1, -0.05) is 34.6 Å². The minimum absolute atomic E-state index is 0.191. The first-order valence-electron chi connectivity index (χ1n) is 7.79. The van der Waals surface area contributed by atoms with Crippen molar-refractivity contribution in [3.05, 3.63) is 0 Å². The van der Waals surface area contributed by atoms with Gasteiger partial charge >= 0.3 is 0 Å². The molecule has 0 radical (unpaired) electrons. The van der Waals surface area contributed by atoms with Crippen LogP contribution >= 0.6 is 0 Å². The van der Waals surface area contributed by atoms with Gasteiger partial charge < -0.3 is 9.16 Å². The maximum atomic E-state index is 6.36. The molecule has 0 amide bonds. The summed E-state index contributed by atoms with van der Waals surface area (Å²) in [6.45, 7) is 17.8. The highest BCUT2D eigenvalue weighted by atomic mass is 28.4. The first kappa shape index (κ1) is 19.1. The molecule has 0 atom stereocenters. The Balaban J connectivity index is 4.87. The van der Waals surface area contributed by atoms with Gasteiger partial charge in [-0.25, -0.2) is 0 Å². The van der Waals surface area contributed by atoms with E-state index in [1.54, 1.807) is 0 Å². The van der Waals surface area contributed by atoms with Gasteiger partial charge in [0.1, 0.15) is 0 Å². The Bertz CT molecular complexity index is 227. The van der Waals surface area contributed by atoms with Gasteiger partial charge in [-0.15, -0.1) is 0 Å². The molecule has 0 fully saturated rings. The minimum atomic E-state index is -1.47. The lowest BCUT2D eigenvalue weighted by atomic mass is 9.75. The number of rotatable bonds is 10. The van der Waals surface area contributed by atoms with Gasteiger partial charge in [0.15, 0.2) is 8.32 Å². The SMILES string of the molecule is CC[Si](C)(C)OCC(COC)(CC(C)C)CC(C)C. The summed E-state index contributed by atoms with van der Waals surface area (Å²) in [7, 11) is 0.344. The van der Waals surface area contributed by atoms with Crippen LogP contribution in [0.3, 0.4) is 0 Å². The fraction of sp³-hybridized carbons (Fsp3) is 1.00. The van der Waals surface area contributed by atoms with E-state index in [9.17, 15) is 0 Å². The molecule has 0 aromatic heterocycles. The van der Waals surface area contributed by atoms with Crippen molar-refractivity contribution in [1.82, 2.24) is 0 Å². The van der Waals surface area contributed by atoms with Crippen molar-refractivity contribution in [3.8, 4) is 0 Å². The molecule has 0 unspecified atom stereocenters. The Morgan fingerprint density at radius 1 is 0.947 bits per heavy atom. The van der Waals surface area contributed by atoms with E-state index in [1.165, 1.54) is 18.9 Å². The van der Waals surface area contributed by atoms with E-state index in [1.807, 2.05) is 7.11 Å². The second-order valence-electron chi connectivity index (χ2n) is 7.53. The molecule has 0 aromatic rings. The summed E-state index contributed by atoms with van der Waals surface area (Å²) in [6, 6.07) is 1.18. The molecule has 0 aliphatic rings. The van der Waals surface area contributed by atoms with Crippen molar-refractivity contribution in [2.45, 2.75) is 66.6 Å². The molecule has 3 heteroatoms. The molecule has 0 aromatic carbocycles. The van der Waals surface area contributed by atoms with Crippen molar-refractivity contribution in [2.75, 3.05) is 20.3 Å². The molecule has 116 valence electrons. The molecule has 2 nitrogen and oxygen atoms in total. The van der Waals surface area contributed by atoms with Crippen molar-refractivity contribution in [2.24, 2.45) is 17.3 Å². The molecule has 0 spiro atoms. The van der Waals surface area contributed by atoms with Crippen LogP contribution in [0.15, 0.2) is 0 Å². The highest BCUT2D eigenvalue weighted by Crippen LogP contribution is 2.35. The molecule has 0 saturated carbocycles. The fourth-order valence-electron chi connectivity index (χ4n) is 2.85. The Kier molecular flexibility index (Phi) is 8.49. The van der Waals surface area contributed by atoms with Crippen LogP contribution in [-0.2, 0) is 9.16 Å². The lowest BCUT2D eigenvalue weighted by Gasteiger charge is -2.38. The summed E-state index contributed by atoms with van der Waals surface area (Å²) in [5.74, 6) is 1.37. The van der Waals surface area contributed by atoms with Gasteiger partial charge in [-0.3, -0.25) is 0 Å². The zero-order valence-corrected chi connectivity index (χ0v) is 15.5. The Hall–Kier alpha value is 0.137. The van der Waals surface area contributed by atoms with E-state index in [0.717, 1.165) is 13.2 Å². The van der Waals surface area contributed by atoms with Crippen molar-refractivity contribution >= 4 is 8.32 Å². The summed E-state index contributed by atoms with van der Waals surface area (Å²) in [6.07, 6.45) is 2.38. The molecule has 0 aliphatic heterocycles. The van der Waals surface area contributed by atoms with Crippen LogP contribution < -0.4 is 0 Å². The first-order valence-corrected chi connectivity index (χ1v) is 10.9. The third-order valence-corrected chi connectivity index (χ3v) is 6.38. The maximum Gasteiger partial charge on any atom is 0.186 e. The fourth-order valence-corrected chi connectivity index (χ4v) is 3.75. The summed E-state index contributed by atoms with van der Waals surface area (Å²) in [5.41, 5.74) is 0.191. The van der Waals surface area contributed by atoms with E-state index in [4.69, 9.17) is 9.16 Å². The summed E-state index contributed by atoms with van der Waals surface area (Å²) < 4.78 is 11.9. The van der Waals surface area contributed by atoms with E-state index in [2.05, 4.69) is 47.7 Å². The third kappa shape index (κ3) is 8.11. The number of hydrogen-bond acceptors (Lipinski definition) is 2. The molecule has 19 heavy (non-hydrogen) atoms. The Morgan fingerprint density at radius 2 is 1.42 bits per heavy atom. The zero-order chi connectivity index (χ0) is 15.1. The van der Waals surface area contributed by atoms with Gasteiger partial charge in [-0.2, -0.15) is 0 Å². The number of methoxy groups -OCH3 is 1. The summed E-state index contributed by atoms with van der Waals surface area (Å²) in [5, 5.41) is 0. The van der Waals surface area contributed by atoms with Gasteiger partial charge in [0.2, 0.25) is 0 Å². The Morgan fingerprint density at radius 3 is 1.74 bits per heavy atom. The van der Waals surface area contributed by atoms with Crippen LogP contribution in [0.25, 0.3) is 0 Å². The van der Waals surface area contributed by atoms with Crippen LogP contribution in [0.1, 0.15) is 47.5 Å². The predicted molar refractivity (Wildman–Crippen MR) is 87.1 cm³/mol. The smallest absolute Gasteiger partial charge is 0.186 e. The van der Waals surface area contributed by atoms with Gasteiger partial charge in [0.25, 0.3) is 0 Å². The highest BCUT2D eigenvalue weighted by Gasteiger charge is 2.34. The van der Waals surface area contributed by atoms with Crippen molar-refractivity contribution < 1.29 is 9.16 Å². The van der Waals surface area contributed by atoms with Gasteiger partial charge in [0, 0.05) is 19.1 Å². The van der Waals surface area contributed by atoms with Crippen LogP contribution in [0, 0.1) is 17.3 Å². The van der Waals surface area contributed by atoms with Crippen LogP contribution in [-0.4, -0.2) is 28.6 Å². The number of ether oxygens (including phenoxy) is 1. The largest absolute Gasteiger partial charge is 0.417 e. The maximum absolute atomic E-state index is 6.36. The molecule has 0 N–H and O–H groups in total. The summed E-state index contributed by atoms with van der Waals surface area (Å²) in [4.78, 5) is 0.